The molecule has 74 valence electrons. The van der Waals surface area contributed by atoms with Crippen LogP contribution in [0.3, 0.4) is 0 Å². The molecule has 0 saturated heterocycles. The third kappa shape index (κ3) is 1.21. The average Bonchev–Trinajstić information content (AvgIpc) is 2.48. The third-order valence-electron chi connectivity index (χ3n) is 2.12. The van der Waals surface area contributed by atoms with Crippen LogP contribution >= 0.6 is 0 Å². The number of hydrogen-bond donors (Lipinski definition) is 1. The van der Waals surface area contributed by atoms with Gasteiger partial charge in [0.1, 0.15) is 16.2 Å². The van der Waals surface area contributed by atoms with Crippen LogP contribution in [0.5, 0.6) is 0 Å². The minimum Gasteiger partial charge on any atom is -0.285 e. The van der Waals surface area contributed by atoms with Gasteiger partial charge in [-0.15, -0.1) is 10.2 Å². The number of fused-ring (bicyclic) bond motifs is 1. The van der Waals surface area contributed by atoms with Crippen molar-refractivity contribution in [3.05, 3.63) is 23.9 Å². The van der Waals surface area contributed by atoms with Crippen molar-refractivity contribution in [2.45, 2.75) is 11.7 Å². The Morgan fingerprint density at radius 3 is 2.86 bits per heavy atom. The lowest BCUT2D eigenvalue weighted by Gasteiger charge is -2.20. The molecular weight excluding hydrogens is 206 g/mol. The number of nitrogens with zero attached hydrogens (tertiary/aromatic N) is 3. The van der Waals surface area contributed by atoms with Crippen LogP contribution in [0.2, 0.25) is 0 Å². The van der Waals surface area contributed by atoms with Gasteiger partial charge < -0.3 is 0 Å². The molecule has 6 nitrogen and oxygen atoms in total. The van der Waals surface area contributed by atoms with Crippen LogP contribution in [0.4, 0.5) is 0 Å². The van der Waals surface area contributed by atoms with Gasteiger partial charge in [-0.2, -0.15) is 8.42 Å². The summed E-state index contributed by atoms with van der Waals surface area (Å²) in [5.74, 6) is 0. The van der Waals surface area contributed by atoms with Crippen LogP contribution in [0.15, 0.2) is 39.4 Å². The molecule has 0 radical (unpaired) electrons. The molecule has 1 atom stereocenters. The SMILES string of the molecule is CC1(S(=O)(=O)O)C=CC2=NN=NC2=C1. The van der Waals surface area contributed by atoms with Crippen LogP contribution in [-0.4, -0.2) is 23.4 Å². The highest BCUT2D eigenvalue weighted by molar-refractivity contribution is 7.87. The summed E-state index contributed by atoms with van der Waals surface area (Å²) in [6.07, 6.45) is 4.14. The van der Waals surface area contributed by atoms with Crippen molar-refractivity contribution >= 4 is 15.8 Å². The smallest absolute Gasteiger partial charge is 0.277 e. The summed E-state index contributed by atoms with van der Waals surface area (Å²) < 4.78 is 29.6. The molecule has 1 aliphatic carbocycles. The molecule has 2 rings (SSSR count). The monoisotopic (exact) mass is 213 g/mol. The summed E-state index contributed by atoms with van der Waals surface area (Å²) in [7, 11) is -4.18. The first kappa shape index (κ1) is 9.22. The predicted octanol–water partition coefficient (Wildman–Crippen LogP) is 0.908. The molecular formula is C7H7N3O3S. The maximum absolute atomic E-state index is 11.0. The maximum Gasteiger partial charge on any atom is 0.277 e. The van der Waals surface area contributed by atoms with Crippen molar-refractivity contribution in [1.82, 2.24) is 0 Å². The molecule has 0 saturated carbocycles. The van der Waals surface area contributed by atoms with Crippen molar-refractivity contribution < 1.29 is 13.0 Å². The summed E-state index contributed by atoms with van der Waals surface area (Å²) in [6, 6.07) is 0. The zero-order valence-corrected chi connectivity index (χ0v) is 8.06. The van der Waals surface area contributed by atoms with Crippen LogP contribution in [-0.2, 0) is 10.1 Å². The molecule has 1 unspecified atom stereocenters. The lowest BCUT2D eigenvalue weighted by atomic mass is 10.0. The van der Waals surface area contributed by atoms with Crippen molar-refractivity contribution in [2.75, 3.05) is 0 Å². The van der Waals surface area contributed by atoms with E-state index in [0.717, 1.165) is 0 Å². The summed E-state index contributed by atoms with van der Waals surface area (Å²) in [5.41, 5.74) is 0.874. The van der Waals surface area contributed by atoms with Gasteiger partial charge in [0, 0.05) is 0 Å². The van der Waals surface area contributed by atoms with E-state index < -0.39 is 14.9 Å². The Morgan fingerprint density at radius 1 is 1.50 bits per heavy atom. The van der Waals surface area contributed by atoms with Crippen LogP contribution < -0.4 is 0 Å². The Morgan fingerprint density at radius 2 is 2.21 bits per heavy atom. The van der Waals surface area contributed by atoms with E-state index in [1.807, 2.05) is 0 Å². The van der Waals surface area contributed by atoms with E-state index in [1.54, 1.807) is 0 Å². The predicted molar refractivity (Wildman–Crippen MR) is 49.5 cm³/mol. The molecule has 1 N–H and O–H groups in total. The Bertz CT molecular complexity index is 500. The normalized spacial score (nSPS) is 29.9. The second kappa shape index (κ2) is 2.58. The molecule has 1 aliphatic heterocycles. The number of allylic oxidation sites excluding steroid dienone is 1. The van der Waals surface area contributed by atoms with Gasteiger partial charge in [0.05, 0.1) is 0 Å². The molecule has 0 bridgehead atoms. The molecule has 0 aromatic heterocycles. The van der Waals surface area contributed by atoms with Crippen LogP contribution in [0, 0.1) is 0 Å². The zero-order valence-electron chi connectivity index (χ0n) is 7.25. The molecule has 0 fully saturated rings. The molecule has 7 heteroatoms. The minimum atomic E-state index is -4.18. The van der Waals surface area contributed by atoms with E-state index >= 15 is 0 Å². The first-order valence-electron chi connectivity index (χ1n) is 3.81. The van der Waals surface area contributed by atoms with Crippen LogP contribution in [0.1, 0.15) is 6.92 Å². The first-order valence-corrected chi connectivity index (χ1v) is 5.25. The first-order chi connectivity index (χ1) is 6.42. The summed E-state index contributed by atoms with van der Waals surface area (Å²) in [5, 5.41) is 10.7. The van der Waals surface area contributed by atoms with Gasteiger partial charge in [0.25, 0.3) is 10.1 Å². The fourth-order valence-corrected chi connectivity index (χ4v) is 1.67. The molecule has 0 aromatic rings. The summed E-state index contributed by atoms with van der Waals surface area (Å²) in [4.78, 5) is 0. The Balaban J connectivity index is 2.54. The minimum absolute atomic E-state index is 0.368. The average molecular weight is 213 g/mol. The third-order valence-corrected chi connectivity index (χ3v) is 3.48. The molecule has 1 heterocycles. The van der Waals surface area contributed by atoms with Gasteiger partial charge in [-0.05, 0) is 24.3 Å². The van der Waals surface area contributed by atoms with E-state index in [0.29, 0.717) is 11.4 Å². The molecule has 0 aromatic carbocycles. The second-order valence-electron chi connectivity index (χ2n) is 3.20. The standard InChI is InChI=1S/C7H7N3O3S/c1-7(14(11,12)13)3-2-5-6(4-7)9-10-8-5/h2-4H,1H3,(H,11,12,13). The topological polar surface area (TPSA) is 91.5 Å². The second-order valence-corrected chi connectivity index (χ2v) is 5.03. The summed E-state index contributed by atoms with van der Waals surface area (Å²) in [6.45, 7) is 1.37. The molecule has 0 spiro atoms. The van der Waals surface area contributed by atoms with Gasteiger partial charge in [0.2, 0.25) is 0 Å². The van der Waals surface area contributed by atoms with E-state index in [2.05, 4.69) is 15.4 Å². The Kier molecular flexibility index (Phi) is 1.70. The van der Waals surface area contributed by atoms with Gasteiger partial charge in [-0.25, -0.2) is 0 Å². The van der Waals surface area contributed by atoms with E-state index in [1.165, 1.54) is 25.2 Å². The van der Waals surface area contributed by atoms with Gasteiger partial charge in [-0.3, -0.25) is 4.55 Å². The molecule has 2 aliphatic rings. The van der Waals surface area contributed by atoms with Gasteiger partial charge in [0.15, 0.2) is 0 Å². The lowest BCUT2D eigenvalue weighted by molar-refractivity contribution is 0.466. The number of rotatable bonds is 1. The fraction of sp³-hybridized carbons (Fsp3) is 0.286. The van der Waals surface area contributed by atoms with E-state index in [9.17, 15) is 8.42 Å². The number of hydrogen-bond acceptors (Lipinski definition) is 5. The van der Waals surface area contributed by atoms with E-state index in [-0.39, 0.29) is 0 Å². The fourth-order valence-electron chi connectivity index (χ4n) is 1.17. The van der Waals surface area contributed by atoms with Crippen molar-refractivity contribution in [3.8, 4) is 0 Å². The van der Waals surface area contributed by atoms with Gasteiger partial charge in [-0.1, -0.05) is 6.08 Å². The largest absolute Gasteiger partial charge is 0.285 e. The lowest BCUT2D eigenvalue weighted by Crippen LogP contribution is -2.33. The molecule has 0 amide bonds. The van der Waals surface area contributed by atoms with Gasteiger partial charge >= 0.3 is 0 Å². The van der Waals surface area contributed by atoms with Crippen molar-refractivity contribution in [2.24, 2.45) is 15.4 Å². The quantitative estimate of drug-likeness (QED) is 0.656. The summed E-state index contributed by atoms with van der Waals surface area (Å²) >= 11 is 0. The maximum atomic E-state index is 11.0. The highest BCUT2D eigenvalue weighted by atomic mass is 32.2. The van der Waals surface area contributed by atoms with Crippen molar-refractivity contribution in [3.63, 3.8) is 0 Å². The Hall–Kier alpha value is -1.34. The van der Waals surface area contributed by atoms with E-state index in [4.69, 9.17) is 4.55 Å². The van der Waals surface area contributed by atoms with Crippen LogP contribution in [0.25, 0.3) is 0 Å². The molecule has 14 heavy (non-hydrogen) atoms. The Labute approximate surface area is 80.5 Å². The highest BCUT2D eigenvalue weighted by Crippen LogP contribution is 2.28. The highest BCUT2D eigenvalue weighted by Gasteiger charge is 2.37. The zero-order chi connectivity index (χ0) is 10.4. The van der Waals surface area contributed by atoms with Crippen molar-refractivity contribution in [1.29, 1.82) is 0 Å².